The number of nitrogens with two attached hydrogens (primary N) is 1. The predicted octanol–water partition coefficient (Wildman–Crippen LogP) is 1.85. The van der Waals surface area contributed by atoms with Crippen LogP contribution < -0.4 is 5.73 Å². The highest BCUT2D eigenvalue weighted by atomic mass is 32.2. The first-order chi connectivity index (χ1) is 9.66. The fourth-order valence-electron chi connectivity index (χ4n) is 1.75. The minimum absolute atomic E-state index is 0.312. The van der Waals surface area contributed by atoms with Crippen LogP contribution in [0.1, 0.15) is 19.8 Å². The number of rotatable bonds is 7. The van der Waals surface area contributed by atoms with Gasteiger partial charge in [0.05, 0.1) is 12.0 Å². The van der Waals surface area contributed by atoms with Gasteiger partial charge in [0.15, 0.2) is 9.84 Å². The quantitative estimate of drug-likeness (QED) is 0.466. The third-order valence-electron chi connectivity index (χ3n) is 3.01. The summed E-state index contributed by atoms with van der Waals surface area (Å²) in [6.07, 6.45) is 2.48. The standard InChI is InChI=1S/C14H21NO4S2/c1-14(15,13(16)19-2)9-4-10-20-11-5-7-12(8-6-11)21(3,17)18/h5-8H,4,9-10,15H2,1-3H3. The molecule has 21 heavy (non-hydrogen) atoms. The number of sulfone groups is 1. The molecule has 0 saturated heterocycles. The maximum absolute atomic E-state index is 11.4. The van der Waals surface area contributed by atoms with Crippen molar-refractivity contribution in [1.82, 2.24) is 0 Å². The summed E-state index contributed by atoms with van der Waals surface area (Å²) < 4.78 is 27.3. The van der Waals surface area contributed by atoms with Crippen LogP contribution in [0.2, 0.25) is 0 Å². The van der Waals surface area contributed by atoms with E-state index >= 15 is 0 Å². The van der Waals surface area contributed by atoms with E-state index in [2.05, 4.69) is 4.74 Å². The van der Waals surface area contributed by atoms with E-state index in [-0.39, 0.29) is 0 Å². The molecular weight excluding hydrogens is 310 g/mol. The Hall–Kier alpha value is -1.05. The van der Waals surface area contributed by atoms with Crippen molar-refractivity contribution in [3.05, 3.63) is 24.3 Å². The molecule has 5 nitrogen and oxygen atoms in total. The van der Waals surface area contributed by atoms with Crippen molar-refractivity contribution in [2.45, 2.75) is 35.1 Å². The second-order valence-electron chi connectivity index (χ2n) is 5.10. The monoisotopic (exact) mass is 331 g/mol. The summed E-state index contributed by atoms with van der Waals surface area (Å²) in [5.74, 6) is 0.382. The highest BCUT2D eigenvalue weighted by molar-refractivity contribution is 7.99. The maximum Gasteiger partial charge on any atom is 0.325 e. The van der Waals surface area contributed by atoms with Gasteiger partial charge in [-0.2, -0.15) is 0 Å². The Kier molecular flexibility index (Phi) is 6.24. The van der Waals surface area contributed by atoms with Crippen LogP contribution in [-0.4, -0.2) is 39.0 Å². The molecule has 7 heteroatoms. The van der Waals surface area contributed by atoms with Gasteiger partial charge in [-0.05, 0) is 49.8 Å². The van der Waals surface area contributed by atoms with Gasteiger partial charge < -0.3 is 10.5 Å². The van der Waals surface area contributed by atoms with Gasteiger partial charge >= 0.3 is 5.97 Å². The van der Waals surface area contributed by atoms with Crippen LogP contribution in [0.3, 0.4) is 0 Å². The molecule has 0 aliphatic rings. The topological polar surface area (TPSA) is 86.5 Å². The van der Waals surface area contributed by atoms with E-state index in [1.54, 1.807) is 43.0 Å². The number of esters is 1. The number of carbonyl (C=O) groups is 1. The Morgan fingerprint density at radius 3 is 2.38 bits per heavy atom. The van der Waals surface area contributed by atoms with E-state index in [9.17, 15) is 13.2 Å². The van der Waals surface area contributed by atoms with Crippen molar-refractivity contribution >= 4 is 27.6 Å². The van der Waals surface area contributed by atoms with E-state index in [4.69, 9.17) is 5.73 Å². The molecule has 1 aromatic rings. The van der Waals surface area contributed by atoms with Crippen molar-refractivity contribution in [3.63, 3.8) is 0 Å². The minimum Gasteiger partial charge on any atom is -0.468 e. The van der Waals surface area contributed by atoms with E-state index in [0.717, 1.165) is 17.1 Å². The molecule has 0 aromatic heterocycles. The van der Waals surface area contributed by atoms with Crippen LogP contribution in [0.25, 0.3) is 0 Å². The first kappa shape index (κ1) is 18.0. The van der Waals surface area contributed by atoms with Crippen LogP contribution in [-0.2, 0) is 19.4 Å². The molecule has 118 valence electrons. The normalized spacial score (nSPS) is 14.5. The number of ether oxygens (including phenoxy) is 1. The highest BCUT2D eigenvalue weighted by Gasteiger charge is 2.28. The first-order valence-corrected chi connectivity index (χ1v) is 9.35. The predicted molar refractivity (Wildman–Crippen MR) is 84.1 cm³/mol. The van der Waals surface area contributed by atoms with E-state index in [1.807, 2.05) is 0 Å². The molecule has 0 saturated carbocycles. The summed E-state index contributed by atoms with van der Waals surface area (Å²) in [5, 5.41) is 0. The zero-order valence-electron chi connectivity index (χ0n) is 12.5. The van der Waals surface area contributed by atoms with Gasteiger partial charge in [0.2, 0.25) is 0 Å². The molecule has 0 amide bonds. The average Bonchev–Trinajstić information content (AvgIpc) is 2.42. The summed E-state index contributed by atoms with van der Waals surface area (Å²) in [7, 11) is -1.83. The highest BCUT2D eigenvalue weighted by Crippen LogP contribution is 2.22. The third kappa shape index (κ3) is 5.68. The number of thioether (sulfide) groups is 1. The van der Waals surface area contributed by atoms with Crippen molar-refractivity contribution in [2.75, 3.05) is 19.1 Å². The zero-order chi connectivity index (χ0) is 16.1. The summed E-state index contributed by atoms with van der Waals surface area (Å²) >= 11 is 1.60. The van der Waals surface area contributed by atoms with Gasteiger partial charge in [-0.25, -0.2) is 8.42 Å². The van der Waals surface area contributed by atoms with Crippen LogP contribution in [0.15, 0.2) is 34.1 Å². The second-order valence-corrected chi connectivity index (χ2v) is 8.29. The SMILES string of the molecule is COC(=O)C(C)(N)CCCSc1ccc(S(C)(=O)=O)cc1. The van der Waals surface area contributed by atoms with E-state index in [0.29, 0.717) is 11.3 Å². The summed E-state index contributed by atoms with van der Waals surface area (Å²) in [6, 6.07) is 6.75. The van der Waals surface area contributed by atoms with Crippen LogP contribution in [0.4, 0.5) is 0 Å². The molecule has 0 aliphatic heterocycles. The molecular formula is C14H21NO4S2. The Bertz CT molecular complexity index is 579. The molecule has 1 unspecified atom stereocenters. The van der Waals surface area contributed by atoms with Crippen molar-refractivity contribution in [3.8, 4) is 0 Å². The van der Waals surface area contributed by atoms with Gasteiger partial charge in [0.1, 0.15) is 5.54 Å². The molecule has 2 N–H and O–H groups in total. The first-order valence-electron chi connectivity index (χ1n) is 6.47. The van der Waals surface area contributed by atoms with Gasteiger partial charge in [0, 0.05) is 11.2 Å². The summed E-state index contributed by atoms with van der Waals surface area (Å²) in [4.78, 5) is 12.7. The number of methoxy groups -OCH3 is 1. The number of benzene rings is 1. The second kappa shape index (κ2) is 7.29. The van der Waals surface area contributed by atoms with Crippen LogP contribution in [0, 0.1) is 0 Å². The average molecular weight is 331 g/mol. The largest absolute Gasteiger partial charge is 0.468 e. The zero-order valence-corrected chi connectivity index (χ0v) is 14.1. The van der Waals surface area contributed by atoms with Crippen molar-refractivity contribution in [1.29, 1.82) is 0 Å². The van der Waals surface area contributed by atoms with Gasteiger partial charge in [0.25, 0.3) is 0 Å². The molecule has 1 rings (SSSR count). The molecule has 0 bridgehead atoms. The minimum atomic E-state index is -3.15. The van der Waals surface area contributed by atoms with Crippen LogP contribution in [0.5, 0.6) is 0 Å². The fourth-order valence-corrected chi connectivity index (χ4v) is 3.23. The Labute approximate surface area is 130 Å². The molecule has 0 heterocycles. The van der Waals surface area contributed by atoms with Crippen LogP contribution >= 0.6 is 11.8 Å². The molecule has 1 atom stereocenters. The lowest BCUT2D eigenvalue weighted by Gasteiger charge is -2.20. The van der Waals surface area contributed by atoms with Gasteiger partial charge in [-0.15, -0.1) is 11.8 Å². The van der Waals surface area contributed by atoms with E-state index in [1.165, 1.54) is 13.4 Å². The lowest BCUT2D eigenvalue weighted by Crippen LogP contribution is -2.45. The molecule has 0 radical (unpaired) electrons. The summed E-state index contributed by atoms with van der Waals surface area (Å²) in [5.41, 5.74) is 4.90. The van der Waals surface area contributed by atoms with Gasteiger partial charge in [-0.3, -0.25) is 4.79 Å². The Morgan fingerprint density at radius 1 is 1.33 bits per heavy atom. The fraction of sp³-hybridized carbons (Fsp3) is 0.500. The van der Waals surface area contributed by atoms with Gasteiger partial charge in [-0.1, -0.05) is 0 Å². The molecule has 0 aliphatic carbocycles. The van der Waals surface area contributed by atoms with Crippen molar-refractivity contribution in [2.24, 2.45) is 5.73 Å². The molecule has 0 spiro atoms. The number of hydrogen-bond acceptors (Lipinski definition) is 6. The smallest absolute Gasteiger partial charge is 0.325 e. The van der Waals surface area contributed by atoms with E-state index < -0.39 is 21.3 Å². The summed E-state index contributed by atoms with van der Waals surface area (Å²) in [6.45, 7) is 1.66. The third-order valence-corrected chi connectivity index (χ3v) is 5.24. The number of carbonyl (C=O) groups excluding carboxylic acids is 1. The Morgan fingerprint density at radius 2 is 1.90 bits per heavy atom. The number of hydrogen-bond donors (Lipinski definition) is 1. The molecule has 0 fully saturated rings. The maximum atomic E-state index is 11.4. The lowest BCUT2D eigenvalue weighted by atomic mass is 9.98. The van der Waals surface area contributed by atoms with Crippen molar-refractivity contribution < 1.29 is 17.9 Å². The lowest BCUT2D eigenvalue weighted by molar-refractivity contribution is -0.146. The Balaban J connectivity index is 2.45. The molecule has 1 aromatic carbocycles.